The molecule has 2 aromatic rings. The van der Waals surface area contributed by atoms with Gasteiger partial charge in [0.05, 0.1) is 5.39 Å². The maximum Gasteiger partial charge on any atom is 0.228 e. The molecule has 1 atom stereocenters. The number of halogens is 1. The molecule has 1 aliphatic carbocycles. The van der Waals surface area contributed by atoms with Crippen molar-refractivity contribution in [3.8, 4) is 0 Å². The van der Waals surface area contributed by atoms with E-state index in [1.165, 1.54) is 42.5 Å². The summed E-state index contributed by atoms with van der Waals surface area (Å²) in [6, 6.07) is 0. The summed E-state index contributed by atoms with van der Waals surface area (Å²) >= 11 is 8.36. The third-order valence-electron chi connectivity index (χ3n) is 4.70. The molecule has 1 aliphatic heterocycles. The predicted octanol–water partition coefficient (Wildman–Crippen LogP) is 4.46. The zero-order valence-corrected chi connectivity index (χ0v) is 13.9. The molecule has 5 heteroatoms. The monoisotopic (exact) mass is 321 g/mol. The van der Waals surface area contributed by atoms with Crippen molar-refractivity contribution in [2.45, 2.75) is 45.4 Å². The largest absolute Gasteiger partial charge is 0.340 e. The zero-order chi connectivity index (χ0) is 14.4. The molecule has 2 aliphatic rings. The lowest BCUT2D eigenvalue weighted by molar-refractivity contribution is 0.442. The van der Waals surface area contributed by atoms with Crippen molar-refractivity contribution >= 4 is 39.1 Å². The highest BCUT2D eigenvalue weighted by Crippen LogP contribution is 2.39. The van der Waals surface area contributed by atoms with Crippen LogP contribution < -0.4 is 4.90 Å². The highest BCUT2D eigenvalue weighted by atomic mass is 35.5. The molecule has 0 saturated carbocycles. The van der Waals surface area contributed by atoms with Crippen LogP contribution in [-0.2, 0) is 12.8 Å². The minimum absolute atomic E-state index is 0.660. The van der Waals surface area contributed by atoms with Crippen molar-refractivity contribution in [3.05, 3.63) is 15.6 Å². The van der Waals surface area contributed by atoms with Crippen molar-refractivity contribution in [1.82, 2.24) is 9.97 Å². The van der Waals surface area contributed by atoms with Gasteiger partial charge in [0.15, 0.2) is 0 Å². The average molecular weight is 322 g/mol. The summed E-state index contributed by atoms with van der Waals surface area (Å²) in [5.41, 5.74) is 1.42. The molecule has 1 unspecified atom stereocenters. The lowest BCUT2D eigenvalue weighted by Gasteiger charge is -2.30. The first kappa shape index (κ1) is 13.8. The van der Waals surface area contributed by atoms with Gasteiger partial charge in [0.2, 0.25) is 5.95 Å². The van der Waals surface area contributed by atoms with E-state index in [-0.39, 0.29) is 0 Å². The van der Waals surface area contributed by atoms with Crippen molar-refractivity contribution in [1.29, 1.82) is 0 Å². The van der Waals surface area contributed by atoms with Gasteiger partial charge < -0.3 is 4.90 Å². The van der Waals surface area contributed by atoms with Crippen LogP contribution in [0.1, 0.15) is 43.0 Å². The van der Waals surface area contributed by atoms with Gasteiger partial charge in [-0.3, -0.25) is 0 Å². The maximum atomic E-state index is 6.53. The van der Waals surface area contributed by atoms with Crippen LogP contribution in [-0.4, -0.2) is 23.1 Å². The molecule has 3 heterocycles. The van der Waals surface area contributed by atoms with Gasteiger partial charge in [0.25, 0.3) is 0 Å². The first-order chi connectivity index (χ1) is 10.2. The molecule has 0 N–H and O–H groups in total. The fourth-order valence-corrected chi connectivity index (χ4v) is 5.21. The highest BCUT2D eigenvalue weighted by molar-refractivity contribution is 7.19. The van der Waals surface area contributed by atoms with E-state index < -0.39 is 0 Å². The van der Waals surface area contributed by atoms with E-state index >= 15 is 0 Å². The smallest absolute Gasteiger partial charge is 0.228 e. The summed E-state index contributed by atoms with van der Waals surface area (Å²) in [4.78, 5) is 14.4. The third-order valence-corrected chi connectivity index (χ3v) is 6.16. The molecule has 112 valence electrons. The normalized spacial score (nSPS) is 22.6. The van der Waals surface area contributed by atoms with E-state index in [1.54, 1.807) is 0 Å². The first-order valence-corrected chi connectivity index (χ1v) is 9.14. The second kappa shape index (κ2) is 5.40. The first-order valence-electron chi connectivity index (χ1n) is 7.95. The molecule has 1 saturated heterocycles. The van der Waals surface area contributed by atoms with Crippen LogP contribution in [0.2, 0.25) is 5.15 Å². The molecule has 0 radical (unpaired) electrons. The van der Waals surface area contributed by atoms with Crippen LogP contribution in [0.25, 0.3) is 10.2 Å². The number of hydrogen-bond acceptors (Lipinski definition) is 4. The summed E-state index contributed by atoms with van der Waals surface area (Å²) in [5.74, 6) is 1.55. The molecular formula is C16H20ClN3S. The van der Waals surface area contributed by atoms with Crippen molar-refractivity contribution in [3.63, 3.8) is 0 Å². The molecule has 4 rings (SSSR count). The van der Waals surface area contributed by atoms with Gasteiger partial charge >= 0.3 is 0 Å². The Labute approximate surface area is 134 Å². The molecule has 21 heavy (non-hydrogen) atoms. The molecule has 0 aromatic carbocycles. The van der Waals surface area contributed by atoms with Crippen molar-refractivity contribution in [2.75, 3.05) is 18.0 Å². The van der Waals surface area contributed by atoms with Gasteiger partial charge in [-0.15, -0.1) is 11.3 Å². The minimum Gasteiger partial charge on any atom is -0.340 e. The number of nitrogens with zero attached hydrogens (tertiary/aromatic N) is 3. The summed E-state index contributed by atoms with van der Waals surface area (Å²) in [6.45, 7) is 4.40. The number of hydrogen-bond donors (Lipinski definition) is 0. The van der Waals surface area contributed by atoms with Crippen LogP contribution in [0.4, 0.5) is 5.95 Å². The SMILES string of the molecule is CC1CCCN(c2nc(Cl)c3c4c(sc3n2)CCCC4)C1. The Morgan fingerprint density at radius 1 is 1.19 bits per heavy atom. The maximum absolute atomic E-state index is 6.53. The fraction of sp³-hybridized carbons (Fsp3) is 0.625. The fourth-order valence-electron chi connectivity index (χ4n) is 3.61. The minimum atomic E-state index is 0.660. The van der Waals surface area contributed by atoms with Gasteiger partial charge in [-0.2, -0.15) is 0 Å². The summed E-state index contributed by atoms with van der Waals surface area (Å²) in [7, 11) is 0. The number of aryl methyl sites for hydroxylation is 2. The lowest BCUT2D eigenvalue weighted by Crippen LogP contribution is -2.35. The average Bonchev–Trinajstić information content (AvgIpc) is 2.86. The van der Waals surface area contributed by atoms with Crippen LogP contribution >= 0.6 is 22.9 Å². The Morgan fingerprint density at radius 3 is 2.90 bits per heavy atom. The van der Waals surface area contributed by atoms with E-state index in [0.29, 0.717) is 11.1 Å². The zero-order valence-electron chi connectivity index (χ0n) is 12.4. The van der Waals surface area contributed by atoms with E-state index in [9.17, 15) is 0 Å². The molecule has 1 fully saturated rings. The van der Waals surface area contributed by atoms with E-state index in [2.05, 4.69) is 16.8 Å². The van der Waals surface area contributed by atoms with Crippen LogP contribution in [0.3, 0.4) is 0 Å². The molecule has 2 aromatic heterocycles. The Bertz CT molecular complexity index is 682. The second-order valence-electron chi connectivity index (χ2n) is 6.40. The third kappa shape index (κ3) is 2.42. The van der Waals surface area contributed by atoms with E-state index in [1.807, 2.05) is 11.3 Å². The predicted molar refractivity (Wildman–Crippen MR) is 89.7 cm³/mol. The van der Waals surface area contributed by atoms with Gasteiger partial charge in [-0.25, -0.2) is 9.97 Å². The lowest BCUT2D eigenvalue weighted by atomic mass is 9.97. The Kier molecular flexibility index (Phi) is 3.54. The number of rotatable bonds is 1. The number of piperidine rings is 1. The van der Waals surface area contributed by atoms with Crippen molar-refractivity contribution in [2.24, 2.45) is 5.92 Å². The summed E-state index contributed by atoms with van der Waals surface area (Å²) in [5, 5.41) is 1.79. The summed E-state index contributed by atoms with van der Waals surface area (Å²) in [6.07, 6.45) is 7.41. The molecular weight excluding hydrogens is 302 g/mol. The van der Waals surface area contributed by atoms with E-state index in [0.717, 1.165) is 35.7 Å². The number of thiophene rings is 1. The molecule has 0 bridgehead atoms. The van der Waals surface area contributed by atoms with Gasteiger partial charge in [-0.05, 0) is 50.0 Å². The Hall–Kier alpha value is -0.870. The molecule has 0 spiro atoms. The number of aromatic nitrogens is 2. The van der Waals surface area contributed by atoms with Crippen molar-refractivity contribution < 1.29 is 0 Å². The highest BCUT2D eigenvalue weighted by Gasteiger charge is 2.23. The molecule has 3 nitrogen and oxygen atoms in total. The number of anilines is 1. The van der Waals surface area contributed by atoms with Gasteiger partial charge in [0.1, 0.15) is 9.98 Å². The topological polar surface area (TPSA) is 29.0 Å². The standard InChI is InChI=1S/C16H20ClN3S/c1-10-5-4-8-20(9-10)16-18-14(17)13-11-6-2-3-7-12(11)21-15(13)19-16/h10H,2-9H2,1H3. The van der Waals surface area contributed by atoms with Gasteiger partial charge in [0, 0.05) is 18.0 Å². The Morgan fingerprint density at radius 2 is 2.05 bits per heavy atom. The molecule has 0 amide bonds. The van der Waals surface area contributed by atoms with E-state index in [4.69, 9.17) is 16.6 Å². The second-order valence-corrected chi connectivity index (χ2v) is 7.84. The number of fused-ring (bicyclic) bond motifs is 3. The quantitative estimate of drug-likeness (QED) is 0.726. The Balaban J connectivity index is 1.78. The van der Waals surface area contributed by atoms with Crippen LogP contribution in [0.15, 0.2) is 0 Å². The van der Waals surface area contributed by atoms with Crippen LogP contribution in [0.5, 0.6) is 0 Å². The van der Waals surface area contributed by atoms with Gasteiger partial charge in [-0.1, -0.05) is 18.5 Å². The van der Waals surface area contributed by atoms with Crippen LogP contribution in [0, 0.1) is 5.92 Å². The summed E-state index contributed by atoms with van der Waals surface area (Å²) < 4.78 is 0.